The molecule has 1 unspecified atom stereocenters. The number of rotatable bonds is 6. The number of hydrogen-bond donors (Lipinski definition) is 2. The van der Waals surface area contributed by atoms with E-state index in [1.807, 2.05) is 11.6 Å². The Balaban J connectivity index is 2.96. The maximum Gasteiger partial charge on any atom is 0.236 e. The van der Waals surface area contributed by atoms with Crippen molar-refractivity contribution in [2.45, 2.75) is 19.1 Å². The minimum atomic E-state index is -3.80. The maximum absolute atomic E-state index is 13.5. The highest BCUT2D eigenvalue weighted by Gasteiger charge is 2.23. The van der Waals surface area contributed by atoms with Gasteiger partial charge in [-0.3, -0.25) is 4.72 Å². The highest BCUT2D eigenvalue weighted by Crippen LogP contribution is 2.27. The molecule has 0 amide bonds. The van der Waals surface area contributed by atoms with Crippen molar-refractivity contribution >= 4 is 27.3 Å². The Morgan fingerprint density at radius 2 is 2.00 bits per heavy atom. The highest BCUT2D eigenvalue weighted by atomic mass is 35.5. The number of sulfonamides is 1. The maximum atomic E-state index is 13.5. The van der Waals surface area contributed by atoms with Crippen molar-refractivity contribution in [2.75, 3.05) is 17.8 Å². The molecule has 0 spiro atoms. The molecule has 108 valence electrons. The van der Waals surface area contributed by atoms with Gasteiger partial charge in [0.15, 0.2) is 5.82 Å². The van der Waals surface area contributed by atoms with Crippen molar-refractivity contribution in [3.8, 4) is 0 Å². The number of hydrogen-bond acceptors (Lipinski definition) is 3. The van der Waals surface area contributed by atoms with Crippen molar-refractivity contribution < 1.29 is 17.2 Å². The Labute approximate surface area is 116 Å². The van der Waals surface area contributed by atoms with E-state index in [9.17, 15) is 17.2 Å². The molecule has 0 saturated heterocycles. The standard InChI is InChI=1S/C11H15ClF2N2O2S/c1-3-15-6-7(2)19(17,18)16-11-9(12)4-8(13)5-10(11)14/h4-5,7,15-16H,3,6H2,1-2H3. The van der Waals surface area contributed by atoms with E-state index in [0.29, 0.717) is 12.6 Å². The average molecular weight is 313 g/mol. The summed E-state index contributed by atoms with van der Waals surface area (Å²) in [6, 6.07) is 1.41. The Bertz CT molecular complexity index is 529. The summed E-state index contributed by atoms with van der Waals surface area (Å²) in [6.45, 7) is 4.14. The lowest BCUT2D eigenvalue weighted by Gasteiger charge is -2.16. The summed E-state index contributed by atoms with van der Waals surface area (Å²) in [5, 5.41) is 1.77. The van der Waals surface area contributed by atoms with Gasteiger partial charge in [-0.05, 0) is 19.5 Å². The second kappa shape index (κ2) is 6.49. The first kappa shape index (κ1) is 16.1. The Morgan fingerprint density at radius 3 is 2.53 bits per heavy atom. The quantitative estimate of drug-likeness (QED) is 0.848. The molecule has 1 aromatic carbocycles. The van der Waals surface area contributed by atoms with Crippen LogP contribution in [0.25, 0.3) is 0 Å². The van der Waals surface area contributed by atoms with Crippen LogP contribution in [0.4, 0.5) is 14.5 Å². The second-order valence-corrected chi connectivity index (χ2v) is 6.52. The van der Waals surface area contributed by atoms with Gasteiger partial charge in [0.25, 0.3) is 0 Å². The molecule has 0 aliphatic carbocycles. The van der Waals surface area contributed by atoms with Crippen LogP contribution >= 0.6 is 11.6 Å². The summed E-state index contributed by atoms with van der Waals surface area (Å²) in [5.74, 6) is -1.92. The van der Waals surface area contributed by atoms with Crippen LogP contribution in [0.5, 0.6) is 0 Å². The van der Waals surface area contributed by atoms with Gasteiger partial charge in [0.2, 0.25) is 10.0 Å². The molecule has 0 bridgehead atoms. The molecule has 0 heterocycles. The van der Waals surface area contributed by atoms with Gasteiger partial charge >= 0.3 is 0 Å². The molecule has 19 heavy (non-hydrogen) atoms. The summed E-state index contributed by atoms with van der Waals surface area (Å²) >= 11 is 5.63. The minimum absolute atomic E-state index is 0.215. The second-order valence-electron chi connectivity index (χ2n) is 4.01. The molecular formula is C11H15ClF2N2O2S. The van der Waals surface area contributed by atoms with E-state index in [1.165, 1.54) is 6.92 Å². The summed E-state index contributed by atoms with van der Waals surface area (Å²) in [4.78, 5) is 0. The van der Waals surface area contributed by atoms with Crippen LogP contribution in [-0.2, 0) is 10.0 Å². The van der Waals surface area contributed by atoms with Crippen molar-refractivity contribution in [2.24, 2.45) is 0 Å². The van der Waals surface area contributed by atoms with Gasteiger partial charge in [0.05, 0.1) is 10.3 Å². The van der Waals surface area contributed by atoms with Crippen molar-refractivity contribution in [1.82, 2.24) is 5.32 Å². The third kappa shape index (κ3) is 4.29. The molecule has 0 radical (unpaired) electrons. The normalized spacial score (nSPS) is 13.3. The molecule has 2 N–H and O–H groups in total. The van der Waals surface area contributed by atoms with E-state index in [1.54, 1.807) is 0 Å². The average Bonchev–Trinajstić information content (AvgIpc) is 2.30. The van der Waals surface area contributed by atoms with Crippen LogP contribution in [0.3, 0.4) is 0 Å². The van der Waals surface area contributed by atoms with E-state index in [0.717, 1.165) is 6.07 Å². The van der Waals surface area contributed by atoms with E-state index >= 15 is 0 Å². The Morgan fingerprint density at radius 1 is 1.37 bits per heavy atom. The summed E-state index contributed by atoms with van der Waals surface area (Å²) in [7, 11) is -3.80. The van der Waals surface area contributed by atoms with Crippen LogP contribution in [0, 0.1) is 11.6 Å². The van der Waals surface area contributed by atoms with Gasteiger partial charge in [-0.2, -0.15) is 0 Å². The summed E-state index contributed by atoms with van der Waals surface area (Å²) < 4.78 is 52.2. The lowest BCUT2D eigenvalue weighted by molar-refractivity contribution is 0.574. The molecule has 0 fully saturated rings. The first-order chi connectivity index (χ1) is 8.77. The third-order valence-corrected chi connectivity index (χ3v) is 4.48. The fourth-order valence-electron chi connectivity index (χ4n) is 1.34. The largest absolute Gasteiger partial charge is 0.316 e. The van der Waals surface area contributed by atoms with Crippen LogP contribution in [0.2, 0.25) is 5.02 Å². The van der Waals surface area contributed by atoms with E-state index in [-0.39, 0.29) is 11.6 Å². The monoisotopic (exact) mass is 312 g/mol. The van der Waals surface area contributed by atoms with Gasteiger partial charge in [-0.1, -0.05) is 18.5 Å². The Hall–Kier alpha value is -0.920. The lowest BCUT2D eigenvalue weighted by Crippen LogP contribution is -2.35. The molecule has 8 heteroatoms. The summed E-state index contributed by atoms with van der Waals surface area (Å²) in [6.07, 6.45) is 0. The predicted octanol–water partition coefficient (Wildman–Crippen LogP) is 2.36. The zero-order valence-corrected chi connectivity index (χ0v) is 12.1. The van der Waals surface area contributed by atoms with Gasteiger partial charge in [-0.15, -0.1) is 0 Å². The van der Waals surface area contributed by atoms with E-state index in [2.05, 4.69) is 5.32 Å². The van der Waals surface area contributed by atoms with Crippen LogP contribution in [-0.4, -0.2) is 26.8 Å². The van der Waals surface area contributed by atoms with Gasteiger partial charge in [-0.25, -0.2) is 17.2 Å². The fraction of sp³-hybridized carbons (Fsp3) is 0.455. The van der Waals surface area contributed by atoms with Crippen LogP contribution in [0.1, 0.15) is 13.8 Å². The van der Waals surface area contributed by atoms with Gasteiger partial charge in [0.1, 0.15) is 11.5 Å². The SMILES string of the molecule is CCNCC(C)S(=O)(=O)Nc1c(F)cc(F)cc1Cl. The topological polar surface area (TPSA) is 58.2 Å². The first-order valence-electron chi connectivity index (χ1n) is 5.64. The van der Waals surface area contributed by atoms with Crippen LogP contribution in [0.15, 0.2) is 12.1 Å². The molecule has 1 rings (SSSR count). The van der Waals surface area contributed by atoms with Crippen molar-refractivity contribution in [1.29, 1.82) is 0 Å². The minimum Gasteiger partial charge on any atom is -0.316 e. The molecular weight excluding hydrogens is 298 g/mol. The number of halogens is 3. The highest BCUT2D eigenvalue weighted by molar-refractivity contribution is 7.93. The molecule has 0 aromatic heterocycles. The third-order valence-electron chi connectivity index (χ3n) is 2.46. The lowest BCUT2D eigenvalue weighted by atomic mass is 10.3. The number of nitrogens with one attached hydrogen (secondary N) is 2. The molecule has 1 atom stereocenters. The Kier molecular flexibility index (Phi) is 5.51. The fourth-order valence-corrected chi connectivity index (χ4v) is 2.67. The van der Waals surface area contributed by atoms with E-state index < -0.39 is 32.6 Å². The smallest absolute Gasteiger partial charge is 0.236 e. The molecule has 0 aliphatic heterocycles. The van der Waals surface area contributed by atoms with Crippen LogP contribution < -0.4 is 10.0 Å². The number of benzene rings is 1. The molecule has 1 aromatic rings. The van der Waals surface area contributed by atoms with Gasteiger partial charge in [0, 0.05) is 12.6 Å². The zero-order chi connectivity index (χ0) is 14.6. The zero-order valence-electron chi connectivity index (χ0n) is 10.5. The van der Waals surface area contributed by atoms with Crippen molar-refractivity contribution in [3.63, 3.8) is 0 Å². The summed E-state index contributed by atoms with van der Waals surface area (Å²) in [5.41, 5.74) is -0.439. The molecule has 4 nitrogen and oxygen atoms in total. The molecule has 0 saturated carbocycles. The van der Waals surface area contributed by atoms with E-state index in [4.69, 9.17) is 11.6 Å². The predicted molar refractivity (Wildman–Crippen MR) is 71.9 cm³/mol. The van der Waals surface area contributed by atoms with Crippen molar-refractivity contribution in [3.05, 3.63) is 28.8 Å². The first-order valence-corrected chi connectivity index (χ1v) is 7.57. The molecule has 0 aliphatic rings. The number of anilines is 1. The van der Waals surface area contributed by atoms with Gasteiger partial charge < -0.3 is 5.32 Å².